The number of aryl methyl sites for hydroxylation is 3. The maximum atomic E-state index is 12.6. The molecule has 0 unspecified atom stereocenters. The van der Waals surface area contributed by atoms with Gasteiger partial charge in [0.15, 0.2) is 24.8 Å². The van der Waals surface area contributed by atoms with Crippen LogP contribution < -0.4 is 15.1 Å². The molecule has 1 aromatic heterocycles. The molecule has 0 saturated carbocycles. The Bertz CT molecular complexity index is 1410. The molecule has 0 saturated heterocycles. The second-order valence-corrected chi connectivity index (χ2v) is 8.20. The smallest absolute Gasteiger partial charge is 0.336 e. The lowest BCUT2D eigenvalue weighted by Crippen LogP contribution is -2.13. The lowest BCUT2D eigenvalue weighted by molar-refractivity contribution is 0.0920. The zero-order valence-corrected chi connectivity index (χ0v) is 19.2. The summed E-state index contributed by atoms with van der Waals surface area (Å²) in [4.78, 5) is 37.0. The van der Waals surface area contributed by atoms with Crippen LogP contribution in [0.4, 0.5) is 0 Å². The lowest BCUT2D eigenvalue weighted by Gasteiger charge is -2.13. The van der Waals surface area contributed by atoms with Gasteiger partial charge in [0.25, 0.3) is 0 Å². The van der Waals surface area contributed by atoms with E-state index in [1.165, 1.54) is 6.07 Å². The topological polar surface area (TPSA) is 82.8 Å². The van der Waals surface area contributed by atoms with Crippen molar-refractivity contribution in [2.45, 2.75) is 20.8 Å². The van der Waals surface area contributed by atoms with Crippen LogP contribution >= 0.6 is 0 Å². The fraction of sp³-hybridized carbons (Fsp3) is 0.179. The fourth-order valence-electron chi connectivity index (χ4n) is 3.56. The standard InChI is InChI=1S/C28H24O6/c1-17-4-8-20(9-5-17)23(29)15-32-22-13-25(28-19(3)12-27(31)34-26(28)14-22)33-16-24(30)21-10-6-18(2)7-11-21/h4-14H,15-16H2,1-3H3. The summed E-state index contributed by atoms with van der Waals surface area (Å²) in [7, 11) is 0. The Morgan fingerprint density at radius 1 is 0.735 bits per heavy atom. The van der Waals surface area contributed by atoms with Gasteiger partial charge in [-0.25, -0.2) is 4.79 Å². The molecule has 0 spiro atoms. The van der Waals surface area contributed by atoms with Gasteiger partial charge in [-0.3, -0.25) is 9.59 Å². The zero-order valence-electron chi connectivity index (χ0n) is 19.2. The second-order valence-electron chi connectivity index (χ2n) is 8.20. The molecular formula is C28H24O6. The van der Waals surface area contributed by atoms with Crippen LogP contribution in [0.1, 0.15) is 37.4 Å². The minimum absolute atomic E-state index is 0.191. The first-order valence-corrected chi connectivity index (χ1v) is 10.8. The van der Waals surface area contributed by atoms with E-state index in [1.807, 2.05) is 38.1 Å². The van der Waals surface area contributed by atoms with Gasteiger partial charge in [0.05, 0.1) is 5.39 Å². The Morgan fingerprint density at radius 3 is 1.82 bits per heavy atom. The third-order valence-corrected chi connectivity index (χ3v) is 5.45. The molecule has 6 nitrogen and oxygen atoms in total. The first-order valence-electron chi connectivity index (χ1n) is 10.8. The first kappa shape index (κ1) is 23.0. The van der Waals surface area contributed by atoms with Crippen LogP contribution in [0.15, 0.2) is 75.9 Å². The van der Waals surface area contributed by atoms with Crippen molar-refractivity contribution < 1.29 is 23.5 Å². The van der Waals surface area contributed by atoms with E-state index < -0.39 is 5.63 Å². The van der Waals surface area contributed by atoms with Crippen molar-refractivity contribution in [3.8, 4) is 11.5 Å². The summed E-state index contributed by atoms with van der Waals surface area (Å²) in [6, 6.07) is 18.9. The molecule has 6 heteroatoms. The molecule has 0 atom stereocenters. The van der Waals surface area contributed by atoms with Crippen molar-refractivity contribution >= 4 is 22.5 Å². The van der Waals surface area contributed by atoms with Crippen LogP contribution in [-0.4, -0.2) is 24.8 Å². The van der Waals surface area contributed by atoms with Crippen LogP contribution in [0, 0.1) is 20.8 Å². The minimum atomic E-state index is -0.514. The molecule has 3 aromatic carbocycles. The normalized spacial score (nSPS) is 10.8. The van der Waals surface area contributed by atoms with Gasteiger partial charge < -0.3 is 13.9 Å². The van der Waals surface area contributed by atoms with Gasteiger partial charge in [-0.15, -0.1) is 0 Å². The van der Waals surface area contributed by atoms with Crippen LogP contribution in [0.3, 0.4) is 0 Å². The van der Waals surface area contributed by atoms with Crippen LogP contribution in [0.5, 0.6) is 11.5 Å². The average Bonchev–Trinajstić information content (AvgIpc) is 2.81. The molecular weight excluding hydrogens is 432 g/mol. The molecule has 0 fully saturated rings. The largest absolute Gasteiger partial charge is 0.485 e. The van der Waals surface area contributed by atoms with Crippen molar-refractivity contribution in [1.82, 2.24) is 0 Å². The summed E-state index contributed by atoms with van der Waals surface area (Å²) < 4.78 is 16.9. The van der Waals surface area contributed by atoms with Gasteiger partial charge >= 0.3 is 5.63 Å². The van der Waals surface area contributed by atoms with Crippen molar-refractivity contribution in [2.24, 2.45) is 0 Å². The van der Waals surface area contributed by atoms with Crippen LogP contribution in [-0.2, 0) is 0 Å². The molecule has 0 aliphatic carbocycles. The third-order valence-electron chi connectivity index (χ3n) is 5.45. The van der Waals surface area contributed by atoms with Gasteiger partial charge in [-0.05, 0) is 26.3 Å². The highest BCUT2D eigenvalue weighted by Gasteiger charge is 2.15. The zero-order chi connectivity index (χ0) is 24.2. The van der Waals surface area contributed by atoms with Crippen LogP contribution in [0.25, 0.3) is 11.0 Å². The van der Waals surface area contributed by atoms with Crippen molar-refractivity contribution in [2.75, 3.05) is 13.2 Å². The summed E-state index contributed by atoms with van der Waals surface area (Å²) in [6.07, 6.45) is 0. The van der Waals surface area contributed by atoms with E-state index in [4.69, 9.17) is 13.9 Å². The molecule has 0 aliphatic rings. The Morgan fingerprint density at radius 2 is 1.26 bits per heavy atom. The Balaban J connectivity index is 1.58. The highest BCUT2D eigenvalue weighted by molar-refractivity contribution is 5.98. The number of carbonyl (C=O) groups is 2. The van der Waals surface area contributed by atoms with Gasteiger partial charge in [-0.1, -0.05) is 59.7 Å². The van der Waals surface area contributed by atoms with E-state index in [2.05, 4.69) is 0 Å². The maximum Gasteiger partial charge on any atom is 0.336 e. The van der Waals surface area contributed by atoms with Gasteiger partial charge in [0, 0.05) is 29.3 Å². The van der Waals surface area contributed by atoms with E-state index >= 15 is 0 Å². The third kappa shape index (κ3) is 5.23. The monoisotopic (exact) mass is 456 g/mol. The van der Waals surface area contributed by atoms with E-state index in [9.17, 15) is 14.4 Å². The first-order chi connectivity index (χ1) is 16.3. The van der Waals surface area contributed by atoms with Crippen molar-refractivity contribution in [3.05, 3.63) is 105 Å². The van der Waals surface area contributed by atoms with Gasteiger partial charge in [-0.2, -0.15) is 0 Å². The van der Waals surface area contributed by atoms with E-state index in [1.54, 1.807) is 43.3 Å². The molecule has 0 radical (unpaired) electrons. The molecule has 0 aliphatic heterocycles. The molecule has 4 aromatic rings. The van der Waals surface area contributed by atoms with Gasteiger partial charge in [0.1, 0.15) is 17.1 Å². The molecule has 0 amide bonds. The molecule has 0 N–H and O–H groups in total. The number of hydrogen-bond donors (Lipinski definition) is 0. The Hall–Kier alpha value is -4.19. The number of ether oxygens (including phenoxy) is 2. The van der Waals surface area contributed by atoms with Crippen molar-refractivity contribution in [3.63, 3.8) is 0 Å². The lowest BCUT2D eigenvalue weighted by atomic mass is 10.1. The molecule has 1 heterocycles. The highest BCUT2D eigenvalue weighted by Crippen LogP contribution is 2.33. The summed E-state index contributed by atoms with van der Waals surface area (Å²) >= 11 is 0. The summed E-state index contributed by atoms with van der Waals surface area (Å²) in [5, 5.41) is 0.563. The predicted octanol–water partition coefficient (Wildman–Crippen LogP) is 5.24. The molecule has 4 rings (SSSR count). The number of benzene rings is 3. The van der Waals surface area contributed by atoms with Gasteiger partial charge in [0.2, 0.25) is 0 Å². The number of hydrogen-bond acceptors (Lipinski definition) is 6. The Labute approximate surface area is 196 Å². The maximum absolute atomic E-state index is 12.6. The summed E-state index contributed by atoms with van der Waals surface area (Å²) in [5.74, 6) is 0.239. The van der Waals surface area contributed by atoms with E-state index in [-0.39, 0.29) is 30.4 Å². The molecule has 172 valence electrons. The van der Waals surface area contributed by atoms with Crippen molar-refractivity contribution in [1.29, 1.82) is 0 Å². The van der Waals surface area contributed by atoms with Crippen LogP contribution in [0.2, 0.25) is 0 Å². The quantitative estimate of drug-likeness (QED) is 0.266. The predicted molar refractivity (Wildman–Crippen MR) is 129 cm³/mol. The highest BCUT2D eigenvalue weighted by atomic mass is 16.5. The number of carbonyl (C=O) groups excluding carboxylic acids is 2. The number of ketones is 2. The minimum Gasteiger partial charge on any atom is -0.485 e. The second kappa shape index (κ2) is 9.75. The number of rotatable bonds is 8. The summed E-state index contributed by atoms with van der Waals surface area (Å²) in [6.45, 7) is 5.24. The van der Waals surface area contributed by atoms with E-state index in [0.717, 1.165) is 11.1 Å². The Kier molecular flexibility index (Phi) is 6.59. The summed E-state index contributed by atoms with van der Waals surface area (Å²) in [5.41, 5.74) is 3.57. The SMILES string of the molecule is Cc1ccc(C(=O)COc2cc(OCC(=O)c3ccc(C)cc3)c3c(C)cc(=O)oc3c2)cc1. The molecule has 0 bridgehead atoms. The fourth-order valence-corrected chi connectivity index (χ4v) is 3.56. The average molecular weight is 456 g/mol. The number of Topliss-reactive ketones (excluding diaryl/α,β-unsaturated/α-hetero) is 2. The van der Waals surface area contributed by atoms with E-state index in [0.29, 0.717) is 33.6 Å². The molecule has 34 heavy (non-hydrogen) atoms. The number of fused-ring (bicyclic) bond motifs is 1.